The summed E-state index contributed by atoms with van der Waals surface area (Å²) in [4.78, 5) is 28.0. The molecule has 0 saturated heterocycles. The third kappa shape index (κ3) is 3.03. The highest BCUT2D eigenvalue weighted by Crippen LogP contribution is 2.39. The number of nitrogens with zero attached hydrogens (tertiary/aromatic N) is 4. The van der Waals surface area contributed by atoms with Crippen LogP contribution in [0.5, 0.6) is 0 Å². The van der Waals surface area contributed by atoms with Gasteiger partial charge in [0.2, 0.25) is 5.95 Å². The Kier molecular flexibility index (Phi) is 4.97. The van der Waals surface area contributed by atoms with Crippen LogP contribution in [0.4, 0.5) is 11.6 Å². The van der Waals surface area contributed by atoms with Crippen LogP contribution in [0.15, 0.2) is 41.9 Å². The third-order valence-corrected chi connectivity index (χ3v) is 4.10. The molecule has 1 aliphatic heterocycles. The smallest absolute Gasteiger partial charge is 0.338 e. The molecule has 2 aromatic rings. The molecule has 2 heterocycles. The Hall–Kier alpha value is -3.23. The number of esters is 1. The highest BCUT2D eigenvalue weighted by atomic mass is 16.6. The molecule has 9 heteroatoms. The number of nitro benzene ring substituents is 1. The topological polar surface area (TPSA) is 112 Å². The van der Waals surface area contributed by atoms with Crippen LogP contribution in [0, 0.1) is 10.1 Å². The van der Waals surface area contributed by atoms with Crippen molar-refractivity contribution in [2.24, 2.45) is 0 Å². The highest BCUT2D eigenvalue weighted by Gasteiger charge is 2.38. The van der Waals surface area contributed by atoms with E-state index in [9.17, 15) is 14.9 Å². The fourth-order valence-corrected chi connectivity index (χ4v) is 3.08. The minimum Gasteiger partial charge on any atom is -0.463 e. The maximum absolute atomic E-state index is 12.7. The zero-order chi connectivity index (χ0) is 18.7. The molecule has 0 saturated carbocycles. The fourth-order valence-electron chi connectivity index (χ4n) is 3.08. The van der Waals surface area contributed by atoms with Gasteiger partial charge in [-0.3, -0.25) is 10.1 Å². The van der Waals surface area contributed by atoms with Crippen molar-refractivity contribution in [3.8, 4) is 0 Å². The van der Waals surface area contributed by atoms with Gasteiger partial charge >= 0.3 is 5.97 Å². The summed E-state index contributed by atoms with van der Waals surface area (Å²) in [5.41, 5.74) is 1.25. The van der Waals surface area contributed by atoms with Crippen LogP contribution in [0.3, 0.4) is 0 Å². The summed E-state index contributed by atoms with van der Waals surface area (Å²) in [5.74, 6) is -0.0857. The highest BCUT2D eigenvalue weighted by molar-refractivity contribution is 5.92. The van der Waals surface area contributed by atoms with E-state index in [4.69, 9.17) is 4.74 Å². The number of rotatable bonds is 6. The van der Waals surface area contributed by atoms with Crippen molar-refractivity contribution in [2.45, 2.75) is 32.7 Å². The van der Waals surface area contributed by atoms with Crippen LogP contribution in [0.25, 0.3) is 0 Å². The molecule has 1 atom stereocenters. The molecule has 0 amide bonds. The molecule has 3 rings (SSSR count). The van der Waals surface area contributed by atoms with Crippen molar-refractivity contribution in [3.05, 3.63) is 57.5 Å². The van der Waals surface area contributed by atoms with Crippen molar-refractivity contribution in [1.29, 1.82) is 0 Å². The molecule has 1 N–H and O–H groups in total. The quantitative estimate of drug-likeness (QED) is 0.480. The molecule has 26 heavy (non-hydrogen) atoms. The second-order valence-electron chi connectivity index (χ2n) is 5.73. The van der Waals surface area contributed by atoms with Crippen LogP contribution < -0.4 is 5.32 Å². The van der Waals surface area contributed by atoms with Gasteiger partial charge in [0.1, 0.15) is 12.4 Å². The summed E-state index contributed by atoms with van der Waals surface area (Å²) in [5, 5.41) is 18.8. The number of nitrogens with one attached hydrogen (secondary N) is 1. The molecule has 136 valence electrons. The van der Waals surface area contributed by atoms with E-state index in [1.165, 1.54) is 17.1 Å². The van der Waals surface area contributed by atoms with Crippen molar-refractivity contribution in [1.82, 2.24) is 14.8 Å². The number of nitro groups is 1. The lowest BCUT2D eigenvalue weighted by Crippen LogP contribution is -2.30. The Morgan fingerprint density at radius 2 is 2.15 bits per heavy atom. The van der Waals surface area contributed by atoms with Gasteiger partial charge in [0.25, 0.3) is 5.69 Å². The van der Waals surface area contributed by atoms with E-state index in [-0.39, 0.29) is 12.3 Å². The van der Waals surface area contributed by atoms with E-state index >= 15 is 0 Å². The maximum atomic E-state index is 12.7. The van der Waals surface area contributed by atoms with Gasteiger partial charge in [-0.05, 0) is 19.4 Å². The first-order valence-corrected chi connectivity index (χ1v) is 8.38. The summed E-state index contributed by atoms with van der Waals surface area (Å²) in [6.45, 7) is 3.90. The second-order valence-corrected chi connectivity index (χ2v) is 5.73. The van der Waals surface area contributed by atoms with Crippen molar-refractivity contribution >= 4 is 17.6 Å². The molecule has 0 radical (unpaired) electrons. The van der Waals surface area contributed by atoms with Crippen LogP contribution >= 0.6 is 0 Å². The Labute approximate surface area is 149 Å². The average molecular weight is 357 g/mol. The van der Waals surface area contributed by atoms with Gasteiger partial charge in [-0.1, -0.05) is 25.5 Å². The predicted molar refractivity (Wildman–Crippen MR) is 93.4 cm³/mol. The molecule has 0 bridgehead atoms. The molecule has 1 unspecified atom stereocenters. The van der Waals surface area contributed by atoms with Gasteiger partial charge in [0, 0.05) is 11.8 Å². The van der Waals surface area contributed by atoms with E-state index < -0.39 is 16.9 Å². The normalized spacial score (nSPS) is 16.0. The number of hydrogen-bond acceptors (Lipinski definition) is 7. The number of carbonyl (C=O) groups excluding carboxylic acids is 1. The summed E-state index contributed by atoms with van der Waals surface area (Å²) in [6.07, 6.45) is 2.71. The number of hydrogen-bond donors (Lipinski definition) is 1. The molecule has 0 aliphatic carbocycles. The third-order valence-electron chi connectivity index (χ3n) is 4.10. The Morgan fingerprint density at radius 1 is 1.38 bits per heavy atom. The fraction of sp³-hybridized carbons (Fsp3) is 0.353. The Morgan fingerprint density at radius 3 is 2.85 bits per heavy atom. The summed E-state index contributed by atoms with van der Waals surface area (Å²) in [6, 6.07) is 5.55. The van der Waals surface area contributed by atoms with Crippen LogP contribution in [0.1, 0.15) is 38.3 Å². The molecule has 0 fully saturated rings. The zero-order valence-corrected chi connectivity index (χ0v) is 14.5. The minimum atomic E-state index is -0.782. The van der Waals surface area contributed by atoms with E-state index in [0.29, 0.717) is 29.2 Å². The Bertz CT molecular complexity index is 874. The number of ether oxygens (including phenoxy) is 1. The predicted octanol–water partition coefficient (Wildman–Crippen LogP) is 2.82. The molecule has 1 aromatic heterocycles. The van der Waals surface area contributed by atoms with Gasteiger partial charge in [-0.15, -0.1) is 0 Å². The standard InChI is InChI=1S/C17H19N5O4/c1-3-7-12-14(16(23)26-4-2)15(21-17(20-12)18-10-19-21)11-8-5-6-9-13(11)22(24)25/h5-6,8-10,15H,3-4,7H2,1-2H3,(H,18,19,20). The number of anilines is 1. The first-order chi connectivity index (χ1) is 12.6. The second kappa shape index (κ2) is 7.34. The lowest BCUT2D eigenvalue weighted by Gasteiger charge is -2.29. The van der Waals surface area contributed by atoms with Crippen molar-refractivity contribution in [2.75, 3.05) is 11.9 Å². The Balaban J connectivity index is 2.25. The largest absolute Gasteiger partial charge is 0.463 e. The number of benzene rings is 1. The summed E-state index contributed by atoms with van der Waals surface area (Å²) >= 11 is 0. The number of para-hydroxylation sites is 1. The average Bonchev–Trinajstić information content (AvgIpc) is 3.09. The van der Waals surface area contributed by atoms with Crippen LogP contribution in [-0.4, -0.2) is 32.3 Å². The number of fused-ring (bicyclic) bond motifs is 1. The van der Waals surface area contributed by atoms with E-state index in [1.807, 2.05) is 6.92 Å². The van der Waals surface area contributed by atoms with Gasteiger partial charge in [-0.2, -0.15) is 10.1 Å². The number of aromatic nitrogens is 3. The van der Waals surface area contributed by atoms with Gasteiger partial charge in [0.05, 0.1) is 22.7 Å². The van der Waals surface area contributed by atoms with Crippen molar-refractivity contribution in [3.63, 3.8) is 0 Å². The maximum Gasteiger partial charge on any atom is 0.338 e. The molecule has 0 spiro atoms. The molecule has 1 aliphatic rings. The lowest BCUT2D eigenvalue weighted by molar-refractivity contribution is -0.385. The lowest BCUT2D eigenvalue weighted by atomic mass is 9.93. The minimum absolute atomic E-state index is 0.0847. The molecular formula is C17H19N5O4. The van der Waals surface area contributed by atoms with Gasteiger partial charge in [-0.25, -0.2) is 9.48 Å². The molecular weight excluding hydrogens is 338 g/mol. The SMILES string of the molecule is CCCC1=C(C(=O)OCC)C(c2ccccc2[N+](=O)[O-])n2ncnc2N1. The molecule has 1 aromatic carbocycles. The summed E-state index contributed by atoms with van der Waals surface area (Å²) in [7, 11) is 0. The van der Waals surface area contributed by atoms with E-state index in [2.05, 4.69) is 15.4 Å². The van der Waals surface area contributed by atoms with E-state index in [1.54, 1.807) is 25.1 Å². The van der Waals surface area contributed by atoms with Gasteiger partial charge < -0.3 is 10.1 Å². The van der Waals surface area contributed by atoms with Crippen molar-refractivity contribution < 1.29 is 14.5 Å². The van der Waals surface area contributed by atoms with Crippen LogP contribution in [0.2, 0.25) is 0 Å². The van der Waals surface area contributed by atoms with E-state index in [0.717, 1.165) is 6.42 Å². The van der Waals surface area contributed by atoms with Crippen LogP contribution in [-0.2, 0) is 9.53 Å². The van der Waals surface area contributed by atoms with Gasteiger partial charge in [0.15, 0.2) is 0 Å². The monoisotopic (exact) mass is 357 g/mol. The molecule has 9 nitrogen and oxygen atoms in total. The number of carbonyl (C=O) groups is 1. The first-order valence-electron chi connectivity index (χ1n) is 8.38. The zero-order valence-electron chi connectivity index (χ0n) is 14.5. The number of allylic oxidation sites excluding steroid dienone is 1. The first kappa shape index (κ1) is 17.6. The summed E-state index contributed by atoms with van der Waals surface area (Å²) < 4.78 is 6.71.